The fraction of sp³-hybridized carbons (Fsp3) is 0.273. The van der Waals surface area contributed by atoms with Crippen LogP contribution in [0, 0.1) is 12.3 Å². The van der Waals surface area contributed by atoms with E-state index < -0.39 is 0 Å². The van der Waals surface area contributed by atoms with E-state index in [1.165, 1.54) is 0 Å². The lowest BCUT2D eigenvalue weighted by Crippen LogP contribution is -2.36. The van der Waals surface area contributed by atoms with Crippen LogP contribution in [0.5, 0.6) is 5.75 Å². The Hall–Kier alpha value is -3.26. The molecule has 1 fully saturated rings. The first-order valence-corrected chi connectivity index (χ1v) is 9.05. The summed E-state index contributed by atoms with van der Waals surface area (Å²) in [5.74, 6) is 2.68. The van der Waals surface area contributed by atoms with E-state index in [2.05, 4.69) is 11.2 Å². The zero-order valence-corrected chi connectivity index (χ0v) is 15.1. The Morgan fingerprint density at radius 3 is 2.44 bits per heavy atom. The van der Waals surface area contributed by atoms with Crippen LogP contribution in [0.4, 0.5) is 5.69 Å². The molecule has 1 heterocycles. The summed E-state index contributed by atoms with van der Waals surface area (Å²) in [7, 11) is 0. The molecule has 5 heteroatoms. The molecule has 27 heavy (non-hydrogen) atoms. The Balaban J connectivity index is 1.72. The number of ether oxygens (including phenoxy) is 1. The molecule has 1 saturated heterocycles. The van der Waals surface area contributed by atoms with Crippen LogP contribution in [0.3, 0.4) is 0 Å². The number of amides is 2. The van der Waals surface area contributed by atoms with Gasteiger partial charge in [0.05, 0.1) is 11.3 Å². The van der Waals surface area contributed by atoms with Crippen LogP contribution in [-0.4, -0.2) is 36.4 Å². The Morgan fingerprint density at radius 2 is 1.74 bits per heavy atom. The zero-order valence-electron chi connectivity index (χ0n) is 15.1. The van der Waals surface area contributed by atoms with Crippen molar-refractivity contribution in [2.45, 2.75) is 19.3 Å². The van der Waals surface area contributed by atoms with E-state index in [0.29, 0.717) is 22.6 Å². The van der Waals surface area contributed by atoms with Gasteiger partial charge in [-0.3, -0.25) is 9.59 Å². The van der Waals surface area contributed by atoms with Gasteiger partial charge >= 0.3 is 0 Å². The van der Waals surface area contributed by atoms with Crippen LogP contribution in [-0.2, 0) is 0 Å². The number of nitrogens with zero attached hydrogens (tertiary/aromatic N) is 1. The molecular weight excluding hydrogens is 340 g/mol. The molecule has 5 nitrogen and oxygen atoms in total. The topological polar surface area (TPSA) is 58.6 Å². The molecule has 0 spiro atoms. The lowest BCUT2D eigenvalue weighted by atomic mass is 10.1. The summed E-state index contributed by atoms with van der Waals surface area (Å²) >= 11 is 0. The number of carbonyl (C=O) groups is 2. The van der Waals surface area contributed by atoms with E-state index in [-0.39, 0.29) is 18.4 Å². The molecule has 138 valence electrons. The number of hydrogen-bond donors (Lipinski definition) is 1. The first-order valence-electron chi connectivity index (χ1n) is 9.05. The minimum Gasteiger partial charge on any atom is -0.481 e. The van der Waals surface area contributed by atoms with E-state index in [9.17, 15) is 9.59 Å². The van der Waals surface area contributed by atoms with E-state index in [1.807, 2.05) is 11.0 Å². The number of para-hydroxylation sites is 1. The molecule has 0 atom stereocenters. The molecule has 2 aromatic rings. The molecule has 0 aromatic heterocycles. The fourth-order valence-corrected chi connectivity index (χ4v) is 3.07. The van der Waals surface area contributed by atoms with Gasteiger partial charge in [-0.2, -0.15) is 0 Å². The number of rotatable bonds is 5. The predicted molar refractivity (Wildman–Crippen MR) is 105 cm³/mol. The van der Waals surface area contributed by atoms with Gasteiger partial charge in [-0.05, 0) is 55.7 Å². The number of likely N-dealkylation sites (tertiary alicyclic amines) is 1. The smallest absolute Gasteiger partial charge is 0.255 e. The number of hydrogen-bond acceptors (Lipinski definition) is 3. The largest absolute Gasteiger partial charge is 0.481 e. The van der Waals surface area contributed by atoms with Gasteiger partial charge in [0.25, 0.3) is 11.8 Å². The highest BCUT2D eigenvalue weighted by Crippen LogP contribution is 2.21. The van der Waals surface area contributed by atoms with Gasteiger partial charge in [0, 0.05) is 18.7 Å². The van der Waals surface area contributed by atoms with Crippen molar-refractivity contribution in [2.24, 2.45) is 0 Å². The van der Waals surface area contributed by atoms with Crippen LogP contribution in [0.2, 0.25) is 0 Å². The van der Waals surface area contributed by atoms with Gasteiger partial charge < -0.3 is 15.0 Å². The van der Waals surface area contributed by atoms with E-state index in [1.54, 1.807) is 42.5 Å². The molecule has 0 bridgehead atoms. The Kier molecular flexibility index (Phi) is 6.11. The molecule has 0 saturated carbocycles. The first kappa shape index (κ1) is 18.5. The van der Waals surface area contributed by atoms with E-state index in [0.717, 1.165) is 32.4 Å². The highest BCUT2D eigenvalue weighted by molar-refractivity contribution is 6.09. The van der Waals surface area contributed by atoms with Gasteiger partial charge in [0.2, 0.25) is 0 Å². The van der Waals surface area contributed by atoms with Gasteiger partial charge in [-0.15, -0.1) is 6.42 Å². The average molecular weight is 362 g/mol. The zero-order chi connectivity index (χ0) is 19.1. The summed E-state index contributed by atoms with van der Waals surface area (Å²) in [4.78, 5) is 27.3. The van der Waals surface area contributed by atoms with Crippen molar-refractivity contribution in [1.29, 1.82) is 0 Å². The highest BCUT2D eigenvalue weighted by Gasteiger charge is 2.21. The summed E-state index contributed by atoms with van der Waals surface area (Å²) in [6.07, 6.45) is 8.36. The Bertz CT molecular complexity index is 847. The van der Waals surface area contributed by atoms with E-state index in [4.69, 9.17) is 11.2 Å². The summed E-state index contributed by atoms with van der Waals surface area (Å²) in [5, 5.41) is 2.85. The lowest BCUT2D eigenvalue weighted by Gasteiger charge is -2.27. The minimum atomic E-state index is -0.280. The number of anilines is 1. The van der Waals surface area contributed by atoms with Crippen LogP contribution in [0.15, 0.2) is 48.5 Å². The maximum Gasteiger partial charge on any atom is 0.255 e. The van der Waals surface area contributed by atoms with Crippen molar-refractivity contribution < 1.29 is 14.3 Å². The highest BCUT2D eigenvalue weighted by atomic mass is 16.5. The second-order valence-corrected chi connectivity index (χ2v) is 6.37. The third-order valence-corrected chi connectivity index (χ3v) is 4.49. The minimum absolute atomic E-state index is 0.0383. The van der Waals surface area contributed by atoms with Crippen molar-refractivity contribution >= 4 is 17.5 Å². The number of benzene rings is 2. The van der Waals surface area contributed by atoms with Crippen molar-refractivity contribution in [3.63, 3.8) is 0 Å². The number of carbonyl (C=O) groups excluding carboxylic acids is 2. The van der Waals surface area contributed by atoms with E-state index >= 15 is 0 Å². The third-order valence-electron chi connectivity index (χ3n) is 4.49. The molecule has 0 aliphatic carbocycles. The molecule has 1 aliphatic heterocycles. The maximum atomic E-state index is 12.8. The molecule has 0 radical (unpaired) electrons. The van der Waals surface area contributed by atoms with Crippen LogP contribution < -0.4 is 10.1 Å². The Morgan fingerprint density at radius 1 is 1.04 bits per heavy atom. The standard InChI is InChI=1S/C22H22N2O3/c1-2-16-27-18-12-10-17(11-13-18)21(25)23-20-9-5-4-8-19(20)22(26)24-14-6-3-7-15-24/h1,4-5,8-13H,3,6-7,14-16H2,(H,23,25). The second-order valence-electron chi connectivity index (χ2n) is 6.37. The van der Waals surface area contributed by atoms with Gasteiger partial charge in [0.1, 0.15) is 12.4 Å². The summed E-state index contributed by atoms with van der Waals surface area (Å²) in [6, 6.07) is 13.8. The first-order chi connectivity index (χ1) is 13.2. The normalized spacial score (nSPS) is 13.5. The Labute approximate surface area is 159 Å². The molecule has 3 rings (SSSR count). The SMILES string of the molecule is C#CCOc1ccc(C(=O)Nc2ccccc2C(=O)N2CCCCC2)cc1. The second kappa shape index (κ2) is 8.91. The van der Waals surface area contributed by atoms with Crippen LogP contribution >= 0.6 is 0 Å². The monoisotopic (exact) mass is 362 g/mol. The fourth-order valence-electron chi connectivity index (χ4n) is 3.07. The quantitative estimate of drug-likeness (QED) is 0.827. The maximum absolute atomic E-state index is 12.8. The summed E-state index contributed by atoms with van der Waals surface area (Å²) in [6.45, 7) is 1.71. The molecular formula is C22H22N2O3. The van der Waals surface area contributed by atoms with Crippen molar-refractivity contribution in [3.05, 3.63) is 59.7 Å². The molecule has 1 aliphatic rings. The summed E-state index contributed by atoms with van der Waals surface area (Å²) < 4.78 is 5.31. The molecule has 2 amide bonds. The summed E-state index contributed by atoms with van der Waals surface area (Å²) in [5.41, 5.74) is 1.51. The molecule has 2 aromatic carbocycles. The van der Waals surface area contributed by atoms with Crippen LogP contribution in [0.1, 0.15) is 40.0 Å². The number of terminal acetylenes is 1. The van der Waals surface area contributed by atoms with Crippen molar-refractivity contribution in [2.75, 3.05) is 25.0 Å². The van der Waals surface area contributed by atoms with Gasteiger partial charge in [-0.1, -0.05) is 18.1 Å². The molecule has 0 unspecified atom stereocenters. The average Bonchev–Trinajstić information content (AvgIpc) is 2.73. The van der Waals surface area contributed by atoms with Crippen molar-refractivity contribution in [1.82, 2.24) is 4.90 Å². The van der Waals surface area contributed by atoms with Crippen molar-refractivity contribution in [3.8, 4) is 18.1 Å². The van der Waals surface area contributed by atoms with Gasteiger partial charge in [-0.25, -0.2) is 0 Å². The number of nitrogens with one attached hydrogen (secondary N) is 1. The molecule has 1 N–H and O–H groups in total. The lowest BCUT2D eigenvalue weighted by molar-refractivity contribution is 0.0725. The third kappa shape index (κ3) is 4.68. The van der Waals surface area contributed by atoms with Crippen LogP contribution in [0.25, 0.3) is 0 Å². The number of piperidine rings is 1. The van der Waals surface area contributed by atoms with Gasteiger partial charge in [0.15, 0.2) is 0 Å². The predicted octanol–water partition coefficient (Wildman–Crippen LogP) is 3.58.